The lowest BCUT2D eigenvalue weighted by atomic mass is 10.0. The highest BCUT2D eigenvalue weighted by Crippen LogP contribution is 2.19. The van der Waals surface area contributed by atoms with E-state index in [-0.39, 0.29) is 12.5 Å². The van der Waals surface area contributed by atoms with E-state index in [1.807, 2.05) is 41.1 Å². The molecule has 1 aromatic heterocycles. The number of aliphatic hydroxyl groups is 1. The molecular weight excluding hydrogens is 310 g/mol. The standard InChI is InChI=1S/C18H23NO3S/c1-13(2)14-3-5-16(6-4-14)22-11-18(21)19-9-7-17(20)15-8-10-23-12-15/h3-6,8,10,12-13,17,20H,7,9,11H2,1-2H3,(H,19,21). The number of rotatable bonds is 8. The molecule has 1 unspecified atom stereocenters. The number of amides is 1. The predicted octanol–water partition coefficient (Wildman–Crippen LogP) is 3.49. The van der Waals surface area contributed by atoms with Crippen LogP contribution in [0.4, 0.5) is 0 Å². The summed E-state index contributed by atoms with van der Waals surface area (Å²) in [7, 11) is 0. The van der Waals surface area contributed by atoms with Gasteiger partial charge in [-0.1, -0.05) is 26.0 Å². The Kier molecular flexibility index (Phi) is 6.62. The Morgan fingerprint density at radius 2 is 1.96 bits per heavy atom. The number of benzene rings is 1. The van der Waals surface area contributed by atoms with Crippen LogP contribution in [0.15, 0.2) is 41.1 Å². The van der Waals surface area contributed by atoms with Crippen molar-refractivity contribution in [3.8, 4) is 5.75 Å². The van der Waals surface area contributed by atoms with Crippen molar-refractivity contribution in [3.05, 3.63) is 52.2 Å². The molecule has 1 heterocycles. The molecule has 0 saturated carbocycles. The molecule has 2 rings (SSSR count). The van der Waals surface area contributed by atoms with Crippen LogP contribution >= 0.6 is 11.3 Å². The summed E-state index contributed by atoms with van der Waals surface area (Å²) in [4.78, 5) is 11.7. The summed E-state index contributed by atoms with van der Waals surface area (Å²) in [5.41, 5.74) is 2.13. The highest BCUT2D eigenvalue weighted by Gasteiger charge is 2.09. The molecule has 0 aliphatic rings. The van der Waals surface area contributed by atoms with E-state index in [0.29, 0.717) is 24.6 Å². The fourth-order valence-electron chi connectivity index (χ4n) is 2.13. The fourth-order valence-corrected chi connectivity index (χ4v) is 2.84. The number of nitrogens with one attached hydrogen (secondary N) is 1. The lowest BCUT2D eigenvalue weighted by molar-refractivity contribution is -0.123. The van der Waals surface area contributed by atoms with E-state index in [0.717, 1.165) is 5.56 Å². The topological polar surface area (TPSA) is 58.6 Å². The van der Waals surface area contributed by atoms with Gasteiger partial charge in [0, 0.05) is 6.54 Å². The normalized spacial score (nSPS) is 12.2. The van der Waals surface area contributed by atoms with Gasteiger partial charge in [0.1, 0.15) is 5.75 Å². The maximum Gasteiger partial charge on any atom is 0.257 e. The number of aliphatic hydroxyl groups excluding tert-OH is 1. The average molecular weight is 333 g/mol. The second kappa shape index (κ2) is 8.70. The SMILES string of the molecule is CC(C)c1ccc(OCC(=O)NCCC(O)c2ccsc2)cc1. The molecule has 2 N–H and O–H groups in total. The van der Waals surface area contributed by atoms with E-state index in [1.165, 1.54) is 5.56 Å². The zero-order valence-corrected chi connectivity index (χ0v) is 14.3. The molecule has 4 nitrogen and oxygen atoms in total. The lowest BCUT2D eigenvalue weighted by Gasteiger charge is -2.11. The first-order valence-electron chi connectivity index (χ1n) is 7.76. The maximum atomic E-state index is 11.7. The average Bonchev–Trinajstić information content (AvgIpc) is 3.07. The molecule has 1 atom stereocenters. The highest BCUT2D eigenvalue weighted by molar-refractivity contribution is 7.07. The monoisotopic (exact) mass is 333 g/mol. The molecule has 1 amide bonds. The number of hydrogen-bond acceptors (Lipinski definition) is 4. The first-order valence-corrected chi connectivity index (χ1v) is 8.70. The number of hydrogen-bond donors (Lipinski definition) is 2. The van der Waals surface area contributed by atoms with E-state index < -0.39 is 6.10 Å². The van der Waals surface area contributed by atoms with Crippen LogP contribution in [-0.2, 0) is 4.79 Å². The minimum atomic E-state index is -0.536. The van der Waals surface area contributed by atoms with Gasteiger partial charge in [-0.2, -0.15) is 11.3 Å². The van der Waals surface area contributed by atoms with Crippen molar-refractivity contribution in [2.24, 2.45) is 0 Å². The Hall–Kier alpha value is -1.85. The molecule has 0 radical (unpaired) electrons. The van der Waals surface area contributed by atoms with Gasteiger partial charge in [0.2, 0.25) is 0 Å². The molecule has 23 heavy (non-hydrogen) atoms. The van der Waals surface area contributed by atoms with Crippen LogP contribution in [0.25, 0.3) is 0 Å². The Morgan fingerprint density at radius 3 is 2.57 bits per heavy atom. The van der Waals surface area contributed by atoms with Crippen LogP contribution < -0.4 is 10.1 Å². The van der Waals surface area contributed by atoms with Crippen molar-refractivity contribution in [1.82, 2.24) is 5.32 Å². The first kappa shape index (κ1) is 17.5. The predicted molar refractivity (Wildman–Crippen MR) is 92.9 cm³/mol. The van der Waals surface area contributed by atoms with Gasteiger partial charge >= 0.3 is 0 Å². The molecule has 0 saturated heterocycles. The van der Waals surface area contributed by atoms with E-state index >= 15 is 0 Å². The van der Waals surface area contributed by atoms with Crippen molar-refractivity contribution in [2.45, 2.75) is 32.3 Å². The molecule has 0 spiro atoms. The fraction of sp³-hybridized carbons (Fsp3) is 0.389. The van der Waals surface area contributed by atoms with Crippen LogP contribution in [0.5, 0.6) is 5.75 Å². The van der Waals surface area contributed by atoms with Crippen LogP contribution in [-0.4, -0.2) is 24.2 Å². The second-order valence-corrected chi connectivity index (χ2v) is 6.50. The quantitative estimate of drug-likeness (QED) is 0.777. The van der Waals surface area contributed by atoms with E-state index in [1.54, 1.807) is 11.3 Å². The van der Waals surface area contributed by atoms with Crippen LogP contribution in [0.2, 0.25) is 0 Å². The summed E-state index contributed by atoms with van der Waals surface area (Å²) in [6, 6.07) is 9.66. The van der Waals surface area contributed by atoms with Gasteiger partial charge in [-0.15, -0.1) is 0 Å². The second-order valence-electron chi connectivity index (χ2n) is 5.72. The number of thiophene rings is 1. The third-order valence-electron chi connectivity index (χ3n) is 3.58. The largest absolute Gasteiger partial charge is 0.484 e. The summed E-state index contributed by atoms with van der Waals surface area (Å²) < 4.78 is 5.46. The molecule has 124 valence electrons. The Bertz CT molecular complexity index is 593. The molecule has 0 aliphatic heterocycles. The third kappa shape index (κ3) is 5.69. The molecule has 0 aliphatic carbocycles. The number of carbonyl (C=O) groups excluding carboxylic acids is 1. The molecule has 0 bridgehead atoms. The molecule has 5 heteroatoms. The zero-order chi connectivity index (χ0) is 16.7. The van der Waals surface area contributed by atoms with Gasteiger partial charge in [-0.3, -0.25) is 4.79 Å². The van der Waals surface area contributed by atoms with Gasteiger partial charge in [0.25, 0.3) is 5.91 Å². The Labute approximate surface area is 141 Å². The maximum absolute atomic E-state index is 11.7. The summed E-state index contributed by atoms with van der Waals surface area (Å²) in [5, 5.41) is 16.5. The van der Waals surface area contributed by atoms with Gasteiger partial charge in [-0.25, -0.2) is 0 Å². The summed E-state index contributed by atoms with van der Waals surface area (Å²) >= 11 is 1.55. The van der Waals surface area contributed by atoms with Gasteiger partial charge < -0.3 is 15.2 Å². The van der Waals surface area contributed by atoms with Gasteiger partial charge in [0.05, 0.1) is 6.10 Å². The van der Waals surface area contributed by atoms with Crippen LogP contribution in [0, 0.1) is 0 Å². The summed E-state index contributed by atoms with van der Waals surface area (Å²) in [6.45, 7) is 4.67. The number of carbonyl (C=O) groups is 1. The van der Waals surface area contributed by atoms with E-state index in [4.69, 9.17) is 4.74 Å². The van der Waals surface area contributed by atoms with E-state index in [9.17, 15) is 9.90 Å². The lowest BCUT2D eigenvalue weighted by Crippen LogP contribution is -2.30. The third-order valence-corrected chi connectivity index (χ3v) is 4.29. The van der Waals surface area contributed by atoms with E-state index in [2.05, 4.69) is 19.2 Å². The summed E-state index contributed by atoms with van der Waals surface area (Å²) in [5.74, 6) is 0.973. The molecular formula is C18H23NO3S. The Morgan fingerprint density at radius 1 is 1.22 bits per heavy atom. The number of ether oxygens (including phenoxy) is 1. The van der Waals surface area contributed by atoms with Crippen molar-refractivity contribution in [2.75, 3.05) is 13.2 Å². The molecule has 2 aromatic rings. The summed E-state index contributed by atoms with van der Waals surface area (Å²) in [6.07, 6.45) is -0.0444. The van der Waals surface area contributed by atoms with Crippen molar-refractivity contribution in [1.29, 1.82) is 0 Å². The zero-order valence-electron chi connectivity index (χ0n) is 13.5. The van der Waals surface area contributed by atoms with Crippen LogP contribution in [0.3, 0.4) is 0 Å². The van der Waals surface area contributed by atoms with Crippen molar-refractivity contribution < 1.29 is 14.6 Å². The van der Waals surface area contributed by atoms with Crippen molar-refractivity contribution >= 4 is 17.2 Å². The smallest absolute Gasteiger partial charge is 0.257 e. The highest BCUT2D eigenvalue weighted by atomic mass is 32.1. The van der Waals surface area contributed by atoms with Crippen molar-refractivity contribution in [3.63, 3.8) is 0 Å². The molecule has 0 fully saturated rings. The van der Waals surface area contributed by atoms with Crippen LogP contribution in [0.1, 0.15) is 43.4 Å². The molecule has 1 aromatic carbocycles. The first-order chi connectivity index (χ1) is 11.1. The van der Waals surface area contributed by atoms with Gasteiger partial charge in [0.15, 0.2) is 6.61 Å². The van der Waals surface area contributed by atoms with Gasteiger partial charge in [-0.05, 0) is 52.4 Å². The minimum absolute atomic E-state index is 0.0183. The minimum Gasteiger partial charge on any atom is -0.484 e. The Balaban J connectivity index is 1.67.